The van der Waals surface area contributed by atoms with Gasteiger partial charge in [-0.3, -0.25) is 9.11 Å². The van der Waals surface area contributed by atoms with Gasteiger partial charge in [0, 0.05) is 63.5 Å². The lowest BCUT2D eigenvalue weighted by Gasteiger charge is -2.30. The maximum Gasteiger partial charge on any atom is 0.488 e. The number of anilines is 3. The highest BCUT2D eigenvalue weighted by Crippen LogP contribution is 2.51. The van der Waals surface area contributed by atoms with Crippen molar-refractivity contribution >= 4 is 66.4 Å². The molecule has 0 bridgehead atoms. The van der Waals surface area contributed by atoms with Crippen LogP contribution in [0.2, 0.25) is 0 Å². The minimum Gasteiger partial charge on any atom is -0.423 e. The average molecular weight is 920 g/mol. The Labute approximate surface area is 384 Å². The largest absolute Gasteiger partial charge is 0.488 e. The molecule has 342 valence electrons. The van der Waals surface area contributed by atoms with Gasteiger partial charge in [-0.25, -0.2) is 4.58 Å². The zero-order valence-corrected chi connectivity index (χ0v) is 39.3. The van der Waals surface area contributed by atoms with E-state index in [4.69, 9.17) is 0 Å². The van der Waals surface area contributed by atoms with Crippen molar-refractivity contribution in [3.05, 3.63) is 143 Å². The van der Waals surface area contributed by atoms with Gasteiger partial charge in [-0.1, -0.05) is 101 Å². The van der Waals surface area contributed by atoms with Crippen molar-refractivity contribution < 1.29 is 40.6 Å². The number of hydrogen-bond acceptors (Lipinski definition) is 9. The third kappa shape index (κ3) is 9.77. The summed E-state index contributed by atoms with van der Waals surface area (Å²) < 4.78 is 69.1. The Balaban J connectivity index is 1.21. The fourth-order valence-electron chi connectivity index (χ4n) is 10.5. The van der Waals surface area contributed by atoms with Gasteiger partial charge in [-0.05, 0) is 95.9 Å². The van der Waals surface area contributed by atoms with Crippen LogP contribution in [0.5, 0.6) is 0 Å². The smallest absolute Gasteiger partial charge is 0.423 e. The molecule has 1 saturated heterocycles. The van der Waals surface area contributed by atoms with Gasteiger partial charge in [-0.15, -0.1) is 0 Å². The van der Waals surface area contributed by atoms with E-state index in [-0.39, 0.29) is 29.8 Å². The van der Waals surface area contributed by atoms with Crippen molar-refractivity contribution in [1.29, 1.82) is 0 Å². The van der Waals surface area contributed by atoms with Crippen LogP contribution in [0.25, 0.3) is 10.8 Å². The molecule has 1 saturated carbocycles. The number of piperazine rings is 1. The van der Waals surface area contributed by atoms with E-state index in [1.807, 2.05) is 30.3 Å². The Morgan fingerprint density at radius 1 is 0.662 bits per heavy atom. The van der Waals surface area contributed by atoms with Crippen molar-refractivity contribution in [2.45, 2.75) is 70.6 Å². The van der Waals surface area contributed by atoms with Gasteiger partial charge in [0.15, 0.2) is 13.1 Å². The molecular formula is C50H60BN4O8S2+. The molecule has 0 amide bonds. The molecule has 4 N–H and O–H groups in total. The first-order valence-corrected chi connectivity index (χ1v) is 25.8. The highest BCUT2D eigenvalue weighted by Gasteiger charge is 2.42. The van der Waals surface area contributed by atoms with Crippen LogP contribution >= 0.6 is 0 Å². The Morgan fingerprint density at radius 3 is 1.82 bits per heavy atom. The van der Waals surface area contributed by atoms with Crippen LogP contribution in [-0.4, -0.2) is 104 Å². The first kappa shape index (κ1) is 46.5. The van der Waals surface area contributed by atoms with Crippen LogP contribution in [0.1, 0.15) is 70.9 Å². The van der Waals surface area contributed by atoms with Crippen LogP contribution < -0.4 is 20.2 Å². The first-order chi connectivity index (χ1) is 30.8. The molecule has 0 aromatic heterocycles. The van der Waals surface area contributed by atoms with E-state index in [1.165, 1.54) is 22.4 Å². The second-order valence-corrected chi connectivity index (χ2v) is 21.8. The highest BCUT2D eigenvalue weighted by molar-refractivity contribution is 7.86. The van der Waals surface area contributed by atoms with Gasteiger partial charge < -0.3 is 24.7 Å². The number of para-hydroxylation sites is 1. The molecule has 65 heavy (non-hydrogen) atoms. The monoisotopic (exact) mass is 919 g/mol. The van der Waals surface area contributed by atoms with E-state index in [9.17, 15) is 36.0 Å². The molecule has 8 rings (SSSR count). The van der Waals surface area contributed by atoms with Crippen LogP contribution in [0, 0.1) is 0 Å². The van der Waals surface area contributed by atoms with Crippen LogP contribution in [-0.2, 0) is 31.1 Å². The van der Waals surface area contributed by atoms with E-state index in [2.05, 4.69) is 114 Å². The fourth-order valence-corrected chi connectivity index (χ4v) is 11.5. The standard InChI is InChI=1S/C50H59BN4O8S2/c1-49(2)42-16-7-8-17-43(42)54(28-10-34-64(58,59)60)45(49)26-19-37-13-9-14-38(48(37)53-32-30-52(31-33-53)40-23-21-39(22-24-40)51(56)57)20-27-46-50(3,4)47-41-15-6-5-12-36(41)18-25-44(47)55(46)29-11-35-65(61,62)63/h5-8,12,15-27,56-57H,9-11,13-14,28-35H2,1-4H3,(H-,58,59,60,61,62,63)/p+1. The number of benzene rings is 4. The van der Waals surface area contributed by atoms with Gasteiger partial charge >= 0.3 is 7.12 Å². The summed E-state index contributed by atoms with van der Waals surface area (Å²) >= 11 is 0. The van der Waals surface area contributed by atoms with Crippen LogP contribution in [0.4, 0.5) is 17.1 Å². The molecule has 0 atom stereocenters. The van der Waals surface area contributed by atoms with Crippen molar-refractivity contribution in [1.82, 2.24) is 0 Å². The molecule has 4 aliphatic rings. The molecular weight excluding hydrogens is 860 g/mol. The number of rotatable bonds is 12. The minimum atomic E-state index is -4.14. The third-order valence-electron chi connectivity index (χ3n) is 13.7. The number of nitrogens with zero attached hydrogens (tertiary/aromatic N) is 4. The summed E-state index contributed by atoms with van der Waals surface area (Å²) in [4.78, 5) is 6.74. The van der Waals surface area contributed by atoms with Crippen molar-refractivity contribution in [2.75, 3.05) is 65.5 Å². The molecule has 0 radical (unpaired) electrons. The molecule has 0 spiro atoms. The molecule has 3 aliphatic heterocycles. The van der Waals surface area contributed by atoms with Crippen LogP contribution in [0.15, 0.2) is 132 Å². The van der Waals surface area contributed by atoms with E-state index >= 15 is 0 Å². The van der Waals surface area contributed by atoms with Crippen molar-refractivity contribution in [2.24, 2.45) is 0 Å². The van der Waals surface area contributed by atoms with E-state index in [0.29, 0.717) is 18.6 Å². The van der Waals surface area contributed by atoms with Gasteiger partial charge in [0.1, 0.15) is 0 Å². The molecule has 4 aromatic carbocycles. The summed E-state index contributed by atoms with van der Waals surface area (Å²) in [6.45, 7) is 12.7. The van der Waals surface area contributed by atoms with Crippen LogP contribution in [0.3, 0.4) is 0 Å². The average Bonchev–Trinajstić information content (AvgIpc) is 3.62. The SMILES string of the molecule is CC1(C)/C(=C/C=C2\CCC/C(=C\C=C3\N(CCCS(=O)(=O)O)c4ccc5ccccc5c4C3(C)C)C2=[N+]2CCN(c3ccc(B(O)O)cc3)CC2)N(CCCS(=O)(=O)O)c2ccccc21. The maximum atomic E-state index is 11.9. The molecule has 2 fully saturated rings. The molecule has 3 heterocycles. The number of fused-ring (bicyclic) bond motifs is 4. The number of hydrogen-bond donors (Lipinski definition) is 4. The summed E-state index contributed by atoms with van der Waals surface area (Å²) in [6, 6.07) is 28.2. The quantitative estimate of drug-likeness (QED) is 0.0676. The molecule has 0 unspecified atom stereocenters. The first-order valence-electron chi connectivity index (χ1n) is 22.6. The molecule has 1 aliphatic carbocycles. The zero-order valence-electron chi connectivity index (χ0n) is 37.7. The Morgan fingerprint density at radius 2 is 1.22 bits per heavy atom. The van der Waals surface area contributed by atoms with Gasteiger partial charge in [0.2, 0.25) is 5.71 Å². The lowest BCUT2D eigenvalue weighted by atomic mass is 9.80. The Bertz CT molecular complexity index is 2860. The second kappa shape index (κ2) is 18.3. The van der Waals surface area contributed by atoms with E-state index in [1.54, 1.807) is 12.1 Å². The molecule has 15 heteroatoms. The minimum absolute atomic E-state index is 0.259. The predicted molar refractivity (Wildman–Crippen MR) is 263 cm³/mol. The lowest BCUT2D eigenvalue weighted by molar-refractivity contribution is -0.529. The van der Waals surface area contributed by atoms with E-state index in [0.717, 1.165) is 90.2 Å². The molecule has 12 nitrogen and oxygen atoms in total. The zero-order chi connectivity index (χ0) is 46.3. The second-order valence-electron chi connectivity index (χ2n) is 18.7. The summed E-state index contributed by atoms with van der Waals surface area (Å²) in [7, 11) is -9.79. The summed E-state index contributed by atoms with van der Waals surface area (Å²) in [5.41, 5.74) is 10.8. The summed E-state index contributed by atoms with van der Waals surface area (Å²) in [5, 5.41) is 21.6. The normalized spacial score (nSPS) is 21.0. The Hall–Kier alpha value is -5.03. The fraction of sp³-hybridized carbons (Fsp3) is 0.380. The topological polar surface area (TPSA) is 162 Å². The lowest BCUT2D eigenvalue weighted by Crippen LogP contribution is -2.45. The van der Waals surface area contributed by atoms with Gasteiger partial charge in [0.05, 0.1) is 24.6 Å². The van der Waals surface area contributed by atoms with Gasteiger partial charge in [0.25, 0.3) is 20.2 Å². The predicted octanol–water partition coefficient (Wildman–Crippen LogP) is 6.75. The molecule has 4 aromatic rings. The summed E-state index contributed by atoms with van der Waals surface area (Å²) in [5.74, 6) is -0.653. The number of allylic oxidation sites excluding steroid dienone is 8. The maximum absolute atomic E-state index is 11.9. The van der Waals surface area contributed by atoms with Gasteiger partial charge in [-0.2, -0.15) is 16.8 Å². The highest BCUT2D eigenvalue weighted by atomic mass is 32.2. The van der Waals surface area contributed by atoms with Crippen molar-refractivity contribution in [3.8, 4) is 0 Å². The van der Waals surface area contributed by atoms with E-state index < -0.39 is 32.8 Å². The third-order valence-corrected chi connectivity index (χ3v) is 15.3. The summed E-state index contributed by atoms with van der Waals surface area (Å²) in [6.07, 6.45) is 12.1. The van der Waals surface area contributed by atoms with Crippen molar-refractivity contribution in [3.63, 3.8) is 0 Å². The Kier molecular flexibility index (Phi) is 13.1.